The first-order chi connectivity index (χ1) is 13.2. The van der Waals surface area contributed by atoms with Crippen LogP contribution in [0.1, 0.15) is 84.5 Å². The number of rotatable bonds is 13. The largest absolute Gasteiger partial charge is 0.392 e. The quantitative estimate of drug-likeness (QED) is 0.313. The summed E-state index contributed by atoms with van der Waals surface area (Å²) in [5.41, 5.74) is 1.61. The van der Waals surface area contributed by atoms with Crippen molar-refractivity contribution in [2.24, 2.45) is 17.8 Å². The third-order valence-electron chi connectivity index (χ3n) is 6.44. The lowest BCUT2D eigenvalue weighted by molar-refractivity contribution is 0.139. The normalized spacial score (nSPS) is 30.4. The smallest absolute Gasteiger partial charge is 0.0721 e. The number of nitrogens with one attached hydrogen (secondary N) is 1. The van der Waals surface area contributed by atoms with Gasteiger partial charge in [0.1, 0.15) is 0 Å². The second-order valence-electron chi connectivity index (χ2n) is 8.77. The van der Waals surface area contributed by atoms with Crippen molar-refractivity contribution in [3.8, 4) is 0 Å². The lowest BCUT2D eigenvalue weighted by atomic mass is 9.90. The summed E-state index contributed by atoms with van der Waals surface area (Å²) in [7, 11) is 0. The van der Waals surface area contributed by atoms with Crippen molar-refractivity contribution >= 4 is 0 Å². The van der Waals surface area contributed by atoms with E-state index in [1.54, 1.807) is 5.57 Å². The fourth-order valence-electron chi connectivity index (χ4n) is 4.90. The predicted octanol–water partition coefficient (Wildman–Crippen LogP) is 4.99. The maximum atomic E-state index is 10.5. The predicted molar refractivity (Wildman–Crippen MR) is 115 cm³/mol. The highest BCUT2D eigenvalue weighted by molar-refractivity contribution is 5.17. The van der Waals surface area contributed by atoms with Gasteiger partial charge in [0.15, 0.2) is 0 Å². The van der Waals surface area contributed by atoms with Gasteiger partial charge in [-0.1, -0.05) is 56.9 Å². The van der Waals surface area contributed by atoms with Gasteiger partial charge in [-0.15, -0.1) is 0 Å². The number of unbranched alkanes of at least 4 members (excludes halogenated alkanes) is 4. The highest BCUT2D eigenvalue weighted by atomic mass is 16.3. The van der Waals surface area contributed by atoms with E-state index >= 15 is 0 Å². The molecule has 0 unspecified atom stereocenters. The standard InChI is InChI=1S/C24H43NO2/c1-3-5-7-11-21(26)12-13-22-23-17-19(16-20(23)18-24(22)27)10-8-6-9-15-25-14-4-2/h10,12-13,20-27H,3-9,11,14-18H2,1-2H3/t20-,21-,22+,23-,24+/m0/s1. The monoisotopic (exact) mass is 377 g/mol. The highest BCUT2D eigenvalue weighted by Gasteiger charge is 2.44. The maximum absolute atomic E-state index is 10.5. The number of allylic oxidation sites excluding steroid dienone is 2. The topological polar surface area (TPSA) is 52.5 Å². The average molecular weight is 378 g/mol. The zero-order chi connectivity index (χ0) is 19.5. The molecule has 0 heterocycles. The third kappa shape index (κ3) is 7.71. The molecule has 0 aliphatic heterocycles. The second-order valence-corrected chi connectivity index (χ2v) is 8.77. The average Bonchev–Trinajstić information content (AvgIpc) is 3.16. The van der Waals surface area contributed by atoms with Crippen molar-refractivity contribution in [3.05, 3.63) is 23.8 Å². The van der Waals surface area contributed by atoms with E-state index in [1.165, 1.54) is 44.9 Å². The van der Waals surface area contributed by atoms with Crippen molar-refractivity contribution in [1.82, 2.24) is 5.32 Å². The van der Waals surface area contributed by atoms with Crippen molar-refractivity contribution in [2.75, 3.05) is 13.1 Å². The summed E-state index contributed by atoms with van der Waals surface area (Å²) >= 11 is 0. The zero-order valence-electron chi connectivity index (χ0n) is 17.7. The van der Waals surface area contributed by atoms with Crippen molar-refractivity contribution in [1.29, 1.82) is 0 Å². The lowest BCUT2D eigenvalue weighted by Gasteiger charge is -2.17. The minimum atomic E-state index is -0.347. The third-order valence-corrected chi connectivity index (χ3v) is 6.44. The molecular formula is C24H43NO2. The Morgan fingerprint density at radius 1 is 1.07 bits per heavy atom. The van der Waals surface area contributed by atoms with E-state index in [-0.39, 0.29) is 18.1 Å². The summed E-state index contributed by atoms with van der Waals surface area (Å²) in [6.07, 6.45) is 18.5. The molecule has 3 N–H and O–H groups in total. The number of aliphatic hydroxyl groups excluding tert-OH is 2. The molecule has 0 bridgehead atoms. The molecule has 0 radical (unpaired) electrons. The van der Waals surface area contributed by atoms with Gasteiger partial charge in [0.2, 0.25) is 0 Å². The van der Waals surface area contributed by atoms with Crippen LogP contribution in [0.3, 0.4) is 0 Å². The first kappa shape index (κ1) is 22.6. The Morgan fingerprint density at radius 2 is 1.93 bits per heavy atom. The molecule has 2 saturated carbocycles. The van der Waals surface area contributed by atoms with E-state index < -0.39 is 0 Å². The SMILES string of the molecule is CCCCC[C@H](O)C=C[C@@H]1[C@H]2CC(=CCCCCNCCC)C[C@H]2C[C@H]1O. The fourth-order valence-corrected chi connectivity index (χ4v) is 4.90. The van der Waals surface area contributed by atoms with E-state index in [4.69, 9.17) is 0 Å². The fraction of sp³-hybridized carbons (Fsp3) is 0.833. The Balaban J connectivity index is 1.73. The van der Waals surface area contributed by atoms with Gasteiger partial charge in [-0.05, 0) is 76.3 Å². The van der Waals surface area contributed by atoms with Gasteiger partial charge >= 0.3 is 0 Å². The molecule has 3 nitrogen and oxygen atoms in total. The Hall–Kier alpha value is -0.640. The van der Waals surface area contributed by atoms with Gasteiger partial charge in [-0.3, -0.25) is 0 Å². The van der Waals surface area contributed by atoms with E-state index in [0.717, 1.165) is 38.8 Å². The molecule has 2 aliphatic carbocycles. The van der Waals surface area contributed by atoms with Crippen molar-refractivity contribution in [3.63, 3.8) is 0 Å². The summed E-state index contributed by atoms with van der Waals surface area (Å²) in [5, 5.41) is 24.1. The maximum Gasteiger partial charge on any atom is 0.0721 e. The molecule has 3 heteroatoms. The summed E-state index contributed by atoms with van der Waals surface area (Å²) in [4.78, 5) is 0. The van der Waals surface area contributed by atoms with Crippen LogP contribution in [0, 0.1) is 17.8 Å². The van der Waals surface area contributed by atoms with Crippen molar-refractivity contribution in [2.45, 2.75) is 96.7 Å². The molecular weight excluding hydrogens is 334 g/mol. The Morgan fingerprint density at radius 3 is 2.70 bits per heavy atom. The Kier molecular flexibility index (Phi) is 10.7. The van der Waals surface area contributed by atoms with E-state index in [2.05, 4.69) is 31.3 Å². The molecule has 0 spiro atoms. The number of aliphatic hydroxyl groups is 2. The summed E-state index contributed by atoms with van der Waals surface area (Å²) < 4.78 is 0. The van der Waals surface area contributed by atoms with Crippen LogP contribution in [0.4, 0.5) is 0 Å². The number of hydrogen-bond donors (Lipinski definition) is 3. The zero-order valence-corrected chi connectivity index (χ0v) is 17.7. The summed E-state index contributed by atoms with van der Waals surface area (Å²) in [6, 6.07) is 0. The molecule has 2 rings (SSSR count). The van der Waals surface area contributed by atoms with Crippen LogP contribution in [0.15, 0.2) is 23.8 Å². The number of hydrogen-bond acceptors (Lipinski definition) is 3. The first-order valence-electron chi connectivity index (χ1n) is 11.6. The molecule has 0 aromatic heterocycles. The summed E-state index contributed by atoms with van der Waals surface area (Å²) in [6.45, 7) is 6.67. The minimum absolute atomic E-state index is 0.217. The van der Waals surface area contributed by atoms with Crippen LogP contribution in [-0.4, -0.2) is 35.5 Å². The van der Waals surface area contributed by atoms with Crippen LogP contribution in [0.25, 0.3) is 0 Å². The van der Waals surface area contributed by atoms with Crippen LogP contribution < -0.4 is 5.32 Å². The molecule has 0 amide bonds. The van der Waals surface area contributed by atoms with Gasteiger partial charge in [-0.2, -0.15) is 0 Å². The molecule has 5 atom stereocenters. The van der Waals surface area contributed by atoms with Crippen LogP contribution in [0.5, 0.6) is 0 Å². The van der Waals surface area contributed by atoms with Gasteiger partial charge in [0.25, 0.3) is 0 Å². The summed E-state index contributed by atoms with van der Waals surface area (Å²) in [5.74, 6) is 1.46. The molecule has 0 aromatic carbocycles. The van der Waals surface area contributed by atoms with Crippen LogP contribution in [0.2, 0.25) is 0 Å². The van der Waals surface area contributed by atoms with Crippen LogP contribution in [-0.2, 0) is 0 Å². The van der Waals surface area contributed by atoms with Gasteiger partial charge in [0.05, 0.1) is 12.2 Å². The molecule has 0 aromatic rings. The van der Waals surface area contributed by atoms with E-state index in [1.807, 2.05) is 6.08 Å². The van der Waals surface area contributed by atoms with E-state index in [0.29, 0.717) is 11.8 Å². The van der Waals surface area contributed by atoms with Crippen LogP contribution >= 0.6 is 0 Å². The second kappa shape index (κ2) is 12.7. The van der Waals surface area contributed by atoms with Gasteiger partial charge in [-0.25, -0.2) is 0 Å². The Labute approximate surface area is 167 Å². The molecule has 2 fully saturated rings. The number of fused-ring (bicyclic) bond motifs is 1. The molecule has 2 aliphatic rings. The van der Waals surface area contributed by atoms with Gasteiger partial charge in [0, 0.05) is 5.92 Å². The molecule has 0 saturated heterocycles. The Bertz CT molecular complexity index is 459. The molecule has 156 valence electrons. The highest BCUT2D eigenvalue weighted by Crippen LogP contribution is 2.50. The van der Waals surface area contributed by atoms with E-state index in [9.17, 15) is 10.2 Å². The first-order valence-corrected chi connectivity index (χ1v) is 11.6. The molecule has 27 heavy (non-hydrogen) atoms. The minimum Gasteiger partial charge on any atom is -0.392 e. The van der Waals surface area contributed by atoms with Gasteiger partial charge < -0.3 is 15.5 Å². The van der Waals surface area contributed by atoms with Crippen molar-refractivity contribution < 1.29 is 10.2 Å². The lowest BCUT2D eigenvalue weighted by Crippen LogP contribution is -2.17.